The molecule has 0 saturated heterocycles. The third-order valence-corrected chi connectivity index (χ3v) is 11.4. The molecule has 0 bridgehead atoms. The fraction of sp³-hybridized carbons (Fsp3) is 0. The summed E-state index contributed by atoms with van der Waals surface area (Å²) >= 11 is 2.67. The molecule has 238 valence electrons. The molecule has 0 amide bonds. The van der Waals surface area contributed by atoms with Gasteiger partial charge in [0.15, 0.2) is 17.5 Å². The Morgan fingerprint density at radius 3 is 2.04 bits per heavy atom. The fourth-order valence-electron chi connectivity index (χ4n) is 6.85. The number of nitrogens with zero attached hydrogens (tertiary/aromatic N) is 4. The second-order valence-corrected chi connectivity index (χ2v) is 14.0. The van der Waals surface area contributed by atoms with Crippen LogP contribution >= 0.6 is 22.7 Å². The van der Waals surface area contributed by atoms with Crippen LogP contribution in [-0.4, -0.2) is 19.5 Å². The number of fused-ring (bicyclic) bond motifs is 10. The van der Waals surface area contributed by atoms with Gasteiger partial charge in [-0.15, -0.1) is 22.7 Å². The average molecular weight is 699 g/mol. The highest BCUT2D eigenvalue weighted by Crippen LogP contribution is 2.44. The molecule has 0 aliphatic rings. The van der Waals surface area contributed by atoms with E-state index in [9.17, 15) is 0 Å². The summed E-state index contributed by atoms with van der Waals surface area (Å²) in [5.41, 5.74) is 2.90. The van der Waals surface area contributed by atoms with Gasteiger partial charge in [0.25, 0.3) is 0 Å². The van der Waals surface area contributed by atoms with Gasteiger partial charge in [0.1, 0.15) is 0 Å². The van der Waals surface area contributed by atoms with Crippen molar-refractivity contribution in [1.82, 2.24) is 19.5 Å². The lowest BCUT2D eigenvalue weighted by atomic mass is 10.1. The Morgan fingerprint density at radius 1 is 0.451 bits per heavy atom. The summed E-state index contributed by atoms with van der Waals surface area (Å²) in [5.74, 6) is -0.502. The zero-order chi connectivity index (χ0) is 43.9. The van der Waals surface area contributed by atoms with Crippen LogP contribution in [0.3, 0.4) is 0 Å². The first-order chi connectivity index (χ1) is 30.3. The molecule has 0 aliphatic carbocycles. The molecule has 11 rings (SSSR count). The molecule has 4 aromatic heterocycles. The van der Waals surface area contributed by atoms with Crippen molar-refractivity contribution in [2.24, 2.45) is 0 Å². The van der Waals surface area contributed by atoms with Crippen molar-refractivity contribution in [3.8, 4) is 39.9 Å². The minimum absolute atomic E-state index is 0.0157. The van der Waals surface area contributed by atoms with E-state index in [4.69, 9.17) is 21.4 Å². The number of hydrogen-bond donors (Lipinski definition) is 0. The van der Waals surface area contributed by atoms with Crippen LogP contribution in [0.1, 0.15) is 16.4 Å². The Kier molecular flexibility index (Phi) is 4.21. The van der Waals surface area contributed by atoms with Crippen LogP contribution in [0, 0.1) is 0 Å². The first kappa shape index (κ1) is 19.3. The van der Waals surface area contributed by atoms with E-state index in [0.717, 1.165) is 38.8 Å². The average Bonchev–Trinajstić information content (AvgIpc) is 3.98. The summed E-state index contributed by atoms with van der Waals surface area (Å²) in [4.78, 5) is 14.1. The van der Waals surface area contributed by atoms with E-state index in [1.807, 2.05) is 36.4 Å². The minimum atomic E-state index is -0.610. The number of hydrogen-bond acceptors (Lipinski definition) is 5. The summed E-state index contributed by atoms with van der Waals surface area (Å²) in [7, 11) is 0. The van der Waals surface area contributed by atoms with E-state index in [2.05, 4.69) is 50.9 Å². The molecule has 0 aliphatic heterocycles. The van der Waals surface area contributed by atoms with Gasteiger partial charge in [-0.2, -0.15) is 0 Å². The standard InChI is InChI=1S/C45H26N4S2/c1-2-11-27(12-3-1)43-46-44(48-45(47-43)35-17-10-16-32-30-13-5-8-19-38(30)50-41(32)35)28-21-23-29(24-22-28)49-36-18-7-4-15-34(36)40-37(49)26-25-33-31-14-6-9-20-39(31)51-42(33)40/h1-26H/i1D,2D,3D,5D,8D,10D,11D,12D,13D,16D,17D,19D. The van der Waals surface area contributed by atoms with Gasteiger partial charge >= 0.3 is 0 Å². The summed E-state index contributed by atoms with van der Waals surface area (Å²) in [5, 5.41) is 4.66. The molecule has 0 unspecified atom stereocenters. The summed E-state index contributed by atoms with van der Waals surface area (Å²) in [6.45, 7) is 0. The normalized spacial score (nSPS) is 15.2. The molecule has 4 heterocycles. The molecule has 7 aromatic carbocycles. The Bertz CT molecular complexity index is 3810. The van der Waals surface area contributed by atoms with E-state index in [1.54, 1.807) is 23.5 Å². The highest BCUT2D eigenvalue weighted by molar-refractivity contribution is 7.27. The SMILES string of the molecule is [2H]c1c([2H])c([2H])c(-c2nc(-c3ccc(-n4c5ccccc5c5c6sc7ccccc7c6ccc54)cc3)nc(-c3c([2H])c([2H])c([2H])c4c3sc3c([2H])c([2H])c([2H])c([2H])c34)n2)c([2H])c1[2H]. The first-order valence-electron chi connectivity index (χ1n) is 22.0. The first-order valence-corrected chi connectivity index (χ1v) is 17.6. The number of rotatable bonds is 4. The highest BCUT2D eigenvalue weighted by Gasteiger charge is 2.19. The Balaban J connectivity index is 1.16. The van der Waals surface area contributed by atoms with Gasteiger partial charge in [0.05, 0.1) is 27.5 Å². The molecule has 11 aromatic rings. The third kappa shape index (κ3) is 4.40. The maximum Gasteiger partial charge on any atom is 0.165 e. The van der Waals surface area contributed by atoms with E-state index in [0.29, 0.717) is 5.56 Å². The quantitative estimate of drug-likeness (QED) is 0.184. The van der Waals surface area contributed by atoms with Crippen molar-refractivity contribution < 1.29 is 16.4 Å². The predicted octanol–water partition coefficient (Wildman–Crippen LogP) is 12.7. The molecule has 4 nitrogen and oxygen atoms in total. The lowest BCUT2D eigenvalue weighted by Crippen LogP contribution is -2.00. The van der Waals surface area contributed by atoms with Crippen LogP contribution in [0.25, 0.3) is 102 Å². The molecule has 0 N–H and O–H groups in total. The van der Waals surface area contributed by atoms with Gasteiger partial charge in [-0.3, -0.25) is 0 Å². The fourth-order valence-corrected chi connectivity index (χ4v) is 9.17. The predicted molar refractivity (Wildman–Crippen MR) is 216 cm³/mol. The van der Waals surface area contributed by atoms with E-state index in [-0.39, 0.29) is 54.8 Å². The minimum Gasteiger partial charge on any atom is -0.309 e. The number of para-hydroxylation sites is 1. The monoisotopic (exact) mass is 698 g/mol. The summed E-state index contributed by atoms with van der Waals surface area (Å²) < 4.78 is 108. The van der Waals surface area contributed by atoms with Crippen molar-refractivity contribution >= 4 is 84.8 Å². The number of aromatic nitrogens is 4. The molecule has 0 saturated carbocycles. The van der Waals surface area contributed by atoms with Gasteiger partial charge in [-0.05, 0) is 54.5 Å². The molecule has 0 fully saturated rings. The molecular formula is C45H26N4S2. The topological polar surface area (TPSA) is 43.6 Å². The van der Waals surface area contributed by atoms with Gasteiger partial charge < -0.3 is 4.57 Å². The highest BCUT2D eigenvalue weighted by atomic mass is 32.1. The molecule has 0 radical (unpaired) electrons. The lowest BCUT2D eigenvalue weighted by molar-refractivity contribution is 1.08. The number of benzene rings is 7. The largest absolute Gasteiger partial charge is 0.309 e. The van der Waals surface area contributed by atoms with E-state index >= 15 is 0 Å². The second kappa shape index (κ2) is 11.2. The van der Waals surface area contributed by atoms with Gasteiger partial charge in [0.2, 0.25) is 0 Å². The van der Waals surface area contributed by atoms with E-state index < -0.39 is 66.5 Å². The van der Waals surface area contributed by atoms with Crippen molar-refractivity contribution in [1.29, 1.82) is 0 Å². The molecular weight excluding hydrogens is 661 g/mol. The van der Waals surface area contributed by atoms with Crippen molar-refractivity contribution in [2.75, 3.05) is 0 Å². The summed E-state index contributed by atoms with van der Waals surface area (Å²) in [6, 6.07) is 22.2. The molecule has 0 atom stereocenters. The van der Waals surface area contributed by atoms with Crippen LogP contribution in [0.4, 0.5) is 0 Å². The van der Waals surface area contributed by atoms with Gasteiger partial charge in [-0.1, -0.05) is 103 Å². The Hall–Kier alpha value is -6.21. The molecule has 6 heteroatoms. The van der Waals surface area contributed by atoms with Crippen LogP contribution in [0.2, 0.25) is 0 Å². The van der Waals surface area contributed by atoms with E-state index in [1.165, 1.54) is 20.2 Å². The Morgan fingerprint density at radius 2 is 1.16 bits per heavy atom. The van der Waals surface area contributed by atoms with Gasteiger partial charge in [-0.25, -0.2) is 15.0 Å². The maximum atomic E-state index is 9.14. The van der Waals surface area contributed by atoms with Crippen LogP contribution < -0.4 is 0 Å². The molecule has 51 heavy (non-hydrogen) atoms. The van der Waals surface area contributed by atoms with Crippen molar-refractivity contribution in [2.45, 2.75) is 0 Å². The maximum absolute atomic E-state index is 9.14. The Labute approximate surface area is 317 Å². The smallest absolute Gasteiger partial charge is 0.165 e. The zero-order valence-corrected chi connectivity index (χ0v) is 27.8. The van der Waals surface area contributed by atoms with Crippen molar-refractivity contribution in [3.63, 3.8) is 0 Å². The van der Waals surface area contributed by atoms with Crippen LogP contribution in [0.15, 0.2) is 157 Å². The lowest BCUT2D eigenvalue weighted by Gasteiger charge is -2.11. The molecule has 0 spiro atoms. The second-order valence-electron chi connectivity index (χ2n) is 11.9. The summed E-state index contributed by atoms with van der Waals surface area (Å²) in [6.07, 6.45) is 0. The third-order valence-electron chi connectivity index (χ3n) is 9.08. The van der Waals surface area contributed by atoms with Gasteiger partial charge in [0, 0.05) is 73.5 Å². The van der Waals surface area contributed by atoms with Crippen LogP contribution in [0.5, 0.6) is 0 Å². The number of thiophene rings is 2. The zero-order valence-electron chi connectivity index (χ0n) is 38.2. The van der Waals surface area contributed by atoms with Crippen LogP contribution in [-0.2, 0) is 0 Å². The van der Waals surface area contributed by atoms with Crippen molar-refractivity contribution in [3.05, 3.63) is 157 Å².